The quantitative estimate of drug-likeness (QED) is 0.582. The summed E-state index contributed by atoms with van der Waals surface area (Å²) in [5, 5.41) is 0. The molecule has 0 rings (SSSR count). The minimum Gasteiger partial charge on any atom is 0 e. The Morgan fingerprint density at radius 1 is 0.750 bits per heavy atom. The van der Waals surface area contributed by atoms with E-state index in [-0.39, 0.29) is 54.2 Å². The Kier molecular flexibility index (Phi) is 377. The topological polar surface area (TPSA) is 0 Å². The molecule has 0 aliphatic carbocycles. The molecule has 0 N–H and O–H groups in total. The van der Waals surface area contributed by atoms with Crippen LogP contribution in [0.15, 0.2) is 0 Å². The third-order valence-corrected chi connectivity index (χ3v) is 0. The van der Waals surface area contributed by atoms with E-state index in [1.807, 2.05) is 0 Å². The van der Waals surface area contributed by atoms with Crippen molar-refractivity contribution in [2.75, 3.05) is 0 Å². The van der Waals surface area contributed by atoms with Crippen LogP contribution in [0, 0.1) is 0 Å². The van der Waals surface area contributed by atoms with Crippen molar-refractivity contribution in [1.29, 1.82) is 0 Å². The van der Waals surface area contributed by atoms with E-state index in [2.05, 4.69) is 0 Å². The van der Waals surface area contributed by atoms with Crippen molar-refractivity contribution in [2.45, 2.75) is 0 Å². The molecule has 0 saturated carbocycles. The van der Waals surface area contributed by atoms with E-state index in [1.54, 1.807) is 0 Å². The minimum absolute atomic E-state index is 0. The van der Waals surface area contributed by atoms with E-state index in [1.165, 1.54) is 0 Å². The summed E-state index contributed by atoms with van der Waals surface area (Å²) in [6, 6.07) is 0. The summed E-state index contributed by atoms with van der Waals surface area (Å²) in [4.78, 5) is 0. The van der Waals surface area contributed by atoms with Gasteiger partial charge in [0.1, 0.15) is 0 Å². The van der Waals surface area contributed by atoms with Crippen molar-refractivity contribution >= 4 is 0 Å². The van der Waals surface area contributed by atoms with Gasteiger partial charge in [-0.05, 0) is 0 Å². The van der Waals surface area contributed by atoms with Crippen molar-refractivity contribution in [1.82, 2.24) is 0 Å². The standard InChI is InChI=1S/2F.Nb.Ta. The van der Waals surface area contributed by atoms with Crippen LogP contribution in [0.5, 0.6) is 0 Å². The van der Waals surface area contributed by atoms with Gasteiger partial charge in [-0.25, -0.2) is 0 Å². The van der Waals surface area contributed by atoms with Crippen LogP contribution < -0.4 is 0 Å². The van der Waals surface area contributed by atoms with Crippen molar-refractivity contribution in [3.8, 4) is 0 Å². The normalized spacial score (nSPS) is 0. The molecule has 0 atom stereocenters. The van der Waals surface area contributed by atoms with E-state index in [0.29, 0.717) is 0 Å². The molecule has 4 radical (unpaired) electrons. The Morgan fingerprint density at radius 3 is 0.750 bits per heavy atom. The summed E-state index contributed by atoms with van der Waals surface area (Å²) in [5.74, 6) is 0. The van der Waals surface area contributed by atoms with Crippen LogP contribution in [0.3, 0.4) is 0 Å². The first kappa shape index (κ1) is 56.0. The van der Waals surface area contributed by atoms with Gasteiger partial charge in [0.2, 0.25) is 0 Å². The molecule has 0 fully saturated rings. The molecule has 0 unspecified atom stereocenters. The molecule has 24 valence electrons. The zero-order chi connectivity index (χ0) is 0. The number of hydrogen-bond donors (Lipinski definition) is 0. The van der Waals surface area contributed by atoms with Crippen LogP contribution in [-0.4, -0.2) is 0 Å². The Morgan fingerprint density at radius 2 is 0.750 bits per heavy atom. The van der Waals surface area contributed by atoms with Crippen molar-refractivity contribution in [2.24, 2.45) is 0 Å². The van der Waals surface area contributed by atoms with Gasteiger partial charge in [-0.2, -0.15) is 0 Å². The summed E-state index contributed by atoms with van der Waals surface area (Å²) < 4.78 is 0. The predicted octanol–water partition coefficient (Wildman–Crippen LogP) is 0.835. The Bertz CT molecular complexity index is 6.00. The maximum absolute atomic E-state index is 0. The molecule has 0 bridgehead atoms. The van der Waals surface area contributed by atoms with Gasteiger partial charge in [-0.3, -0.25) is 0 Å². The fraction of sp³-hybridized carbons (Fsp3) is 0. The second-order valence-corrected chi connectivity index (χ2v) is 0. The average Bonchev–Trinajstić information content (AvgIpc) is 0. The van der Waals surface area contributed by atoms with Crippen LogP contribution in [0.2, 0.25) is 0 Å². The van der Waals surface area contributed by atoms with Gasteiger partial charge in [-0.1, -0.05) is 0 Å². The number of halogens is 2. The molecule has 0 heterocycles. The summed E-state index contributed by atoms with van der Waals surface area (Å²) in [5.41, 5.74) is 0. The number of rotatable bonds is 0. The molecule has 0 nitrogen and oxygen atoms in total. The molecular weight excluding hydrogens is 312 g/mol. The first-order valence-electron chi connectivity index (χ1n) is 0. The van der Waals surface area contributed by atoms with E-state index < -0.39 is 0 Å². The second-order valence-electron chi connectivity index (χ2n) is 0. The first-order valence-corrected chi connectivity index (χ1v) is 0. The van der Waals surface area contributed by atoms with Crippen molar-refractivity contribution < 1.29 is 54.2 Å². The van der Waals surface area contributed by atoms with Crippen LogP contribution in [0.4, 0.5) is 9.41 Å². The second kappa shape index (κ2) is 27.0. The van der Waals surface area contributed by atoms with Crippen molar-refractivity contribution in [3.63, 3.8) is 0 Å². The third kappa shape index (κ3) is 10.2. The predicted molar refractivity (Wildman–Crippen MR) is 2.22 cm³/mol. The maximum Gasteiger partial charge on any atom is 0 e. The zero-order valence-corrected chi connectivity index (χ0v) is 7.06. The largest absolute Gasteiger partial charge is 0 e. The van der Waals surface area contributed by atoms with Gasteiger partial charge >= 0.3 is 0 Å². The van der Waals surface area contributed by atoms with Gasteiger partial charge < -0.3 is 0 Å². The molecule has 0 saturated heterocycles. The first-order chi connectivity index (χ1) is 0. The fourth-order valence-electron chi connectivity index (χ4n) is 0. The van der Waals surface area contributed by atoms with E-state index in [4.69, 9.17) is 0 Å². The molecule has 4 heavy (non-hydrogen) atoms. The summed E-state index contributed by atoms with van der Waals surface area (Å²) in [6.45, 7) is 0. The Hall–Kier alpha value is 1.34. The van der Waals surface area contributed by atoms with Crippen molar-refractivity contribution in [3.05, 3.63) is 0 Å². The molecule has 0 aliphatic heterocycles. The molecule has 0 aromatic heterocycles. The van der Waals surface area contributed by atoms with E-state index >= 15 is 0 Å². The molecule has 4 heteroatoms. The average molecular weight is 312 g/mol. The van der Waals surface area contributed by atoms with Crippen LogP contribution in [0.1, 0.15) is 0 Å². The smallest absolute Gasteiger partial charge is 0 e. The summed E-state index contributed by atoms with van der Waals surface area (Å²) >= 11 is 0. The molecule has 0 spiro atoms. The third-order valence-electron chi connectivity index (χ3n) is 0. The SMILES string of the molecule is [F].[F].[Nb].[Ta]. The van der Waals surface area contributed by atoms with E-state index in [9.17, 15) is 0 Å². The fourth-order valence-corrected chi connectivity index (χ4v) is 0. The van der Waals surface area contributed by atoms with Crippen LogP contribution in [-0.2, 0) is 44.8 Å². The molecular formula is F2NbTa. The monoisotopic (exact) mass is 312 g/mol. The Balaban J connectivity index is 0. The van der Waals surface area contributed by atoms with Crippen LogP contribution >= 0.6 is 0 Å². The van der Waals surface area contributed by atoms with Gasteiger partial charge in [0.05, 0.1) is 0 Å². The number of hydrogen-bond acceptors (Lipinski definition) is 0. The summed E-state index contributed by atoms with van der Waals surface area (Å²) in [6.07, 6.45) is 0. The minimum atomic E-state index is 0. The molecule has 0 aliphatic rings. The molecule has 0 aromatic rings. The van der Waals surface area contributed by atoms with Crippen LogP contribution in [0.25, 0.3) is 0 Å². The molecule has 0 amide bonds. The summed E-state index contributed by atoms with van der Waals surface area (Å²) in [7, 11) is 0. The van der Waals surface area contributed by atoms with Gasteiger partial charge in [0.25, 0.3) is 0 Å². The van der Waals surface area contributed by atoms with Gasteiger partial charge in [0, 0.05) is 54.2 Å². The van der Waals surface area contributed by atoms with E-state index in [0.717, 1.165) is 0 Å². The zero-order valence-electron chi connectivity index (χ0n) is 1.65. The maximum atomic E-state index is 0. The van der Waals surface area contributed by atoms with Gasteiger partial charge in [-0.15, -0.1) is 0 Å². The molecule has 0 aromatic carbocycles. The van der Waals surface area contributed by atoms with Gasteiger partial charge in [0.15, 0.2) is 0 Å². The Labute approximate surface area is 54.1 Å².